The van der Waals surface area contributed by atoms with Gasteiger partial charge in [-0.05, 0) is 51.7 Å². The Morgan fingerprint density at radius 3 is 2.45 bits per heavy atom. The maximum absolute atomic E-state index is 12.5. The number of fused-ring (bicyclic) bond motifs is 1. The molecule has 0 saturated carbocycles. The van der Waals surface area contributed by atoms with Gasteiger partial charge in [-0.3, -0.25) is 9.69 Å². The lowest BCUT2D eigenvalue weighted by atomic mass is 10.1. The SMILES string of the molecule is CCCCOc1nc(N)c2c(n1)N(CCCCCCCN1CCCCC1)C(=O)C2. The van der Waals surface area contributed by atoms with E-state index in [1.807, 2.05) is 0 Å². The first-order valence-electron chi connectivity index (χ1n) is 11.5. The highest BCUT2D eigenvalue weighted by atomic mass is 16.5. The van der Waals surface area contributed by atoms with Gasteiger partial charge in [0.2, 0.25) is 5.91 Å². The fourth-order valence-electron chi connectivity index (χ4n) is 4.15. The largest absolute Gasteiger partial charge is 0.463 e. The van der Waals surface area contributed by atoms with Gasteiger partial charge in [0.1, 0.15) is 11.6 Å². The number of amides is 1. The number of piperidine rings is 1. The summed E-state index contributed by atoms with van der Waals surface area (Å²) in [6.45, 7) is 7.19. The number of carbonyl (C=O) groups excluding carboxylic acids is 1. The van der Waals surface area contributed by atoms with Crippen molar-refractivity contribution in [2.24, 2.45) is 0 Å². The Kier molecular flexibility index (Phi) is 8.52. The molecule has 3 rings (SSSR count). The summed E-state index contributed by atoms with van der Waals surface area (Å²) in [6, 6.07) is 0.284. The molecule has 0 spiro atoms. The van der Waals surface area contributed by atoms with Crippen molar-refractivity contribution in [2.75, 3.05) is 43.4 Å². The Morgan fingerprint density at radius 2 is 1.69 bits per heavy atom. The molecule has 1 fully saturated rings. The van der Waals surface area contributed by atoms with Crippen LogP contribution in [0.15, 0.2) is 0 Å². The lowest BCUT2D eigenvalue weighted by molar-refractivity contribution is -0.117. The molecule has 0 radical (unpaired) electrons. The number of likely N-dealkylation sites (tertiary alicyclic amines) is 1. The van der Waals surface area contributed by atoms with Gasteiger partial charge in [-0.2, -0.15) is 9.97 Å². The van der Waals surface area contributed by atoms with Crippen LogP contribution in [0, 0.1) is 0 Å². The average molecular weight is 404 g/mol. The van der Waals surface area contributed by atoms with Crippen LogP contribution in [-0.2, 0) is 11.2 Å². The molecule has 3 heterocycles. The first-order chi connectivity index (χ1) is 14.2. The topological polar surface area (TPSA) is 84.6 Å². The van der Waals surface area contributed by atoms with E-state index in [0.717, 1.165) is 31.2 Å². The minimum Gasteiger partial charge on any atom is -0.463 e. The van der Waals surface area contributed by atoms with Gasteiger partial charge in [0.25, 0.3) is 0 Å². The van der Waals surface area contributed by atoms with Gasteiger partial charge >= 0.3 is 6.01 Å². The number of rotatable bonds is 12. The van der Waals surface area contributed by atoms with E-state index in [2.05, 4.69) is 21.8 Å². The average Bonchev–Trinajstić information content (AvgIpc) is 3.04. The second kappa shape index (κ2) is 11.3. The predicted molar refractivity (Wildman–Crippen MR) is 116 cm³/mol. The van der Waals surface area contributed by atoms with Crippen molar-refractivity contribution in [1.29, 1.82) is 0 Å². The maximum atomic E-state index is 12.5. The van der Waals surface area contributed by atoms with Crippen molar-refractivity contribution in [3.8, 4) is 6.01 Å². The first kappa shape index (κ1) is 21.8. The second-order valence-electron chi connectivity index (χ2n) is 8.29. The van der Waals surface area contributed by atoms with Gasteiger partial charge in [-0.1, -0.05) is 39.0 Å². The lowest BCUT2D eigenvalue weighted by Gasteiger charge is -2.26. The van der Waals surface area contributed by atoms with Crippen LogP contribution in [-0.4, -0.2) is 53.6 Å². The fourth-order valence-corrected chi connectivity index (χ4v) is 4.15. The summed E-state index contributed by atoms with van der Waals surface area (Å²) in [4.78, 5) is 25.5. The van der Waals surface area contributed by atoms with Gasteiger partial charge in [-0.25, -0.2) is 0 Å². The molecule has 1 aromatic heterocycles. The van der Waals surface area contributed by atoms with E-state index < -0.39 is 0 Å². The van der Waals surface area contributed by atoms with Crippen LogP contribution >= 0.6 is 0 Å². The summed E-state index contributed by atoms with van der Waals surface area (Å²) in [5.41, 5.74) is 6.81. The van der Waals surface area contributed by atoms with Crippen LogP contribution in [0.4, 0.5) is 11.6 Å². The minimum atomic E-state index is 0.0665. The van der Waals surface area contributed by atoms with Crippen molar-refractivity contribution in [1.82, 2.24) is 14.9 Å². The molecule has 2 aliphatic rings. The molecule has 0 aromatic carbocycles. The molecule has 0 atom stereocenters. The molecule has 7 nitrogen and oxygen atoms in total. The van der Waals surface area contributed by atoms with Crippen molar-refractivity contribution < 1.29 is 9.53 Å². The molecule has 0 unspecified atom stereocenters. The van der Waals surface area contributed by atoms with Gasteiger partial charge in [0.05, 0.1) is 13.0 Å². The van der Waals surface area contributed by atoms with Gasteiger partial charge in [0.15, 0.2) is 0 Å². The number of carbonyl (C=O) groups is 1. The fraction of sp³-hybridized carbons (Fsp3) is 0.773. The van der Waals surface area contributed by atoms with Crippen molar-refractivity contribution >= 4 is 17.5 Å². The molecule has 162 valence electrons. The molecule has 1 saturated heterocycles. The van der Waals surface area contributed by atoms with Crippen molar-refractivity contribution in [2.45, 2.75) is 77.6 Å². The molecule has 0 bridgehead atoms. The van der Waals surface area contributed by atoms with E-state index in [-0.39, 0.29) is 11.9 Å². The Morgan fingerprint density at radius 1 is 0.966 bits per heavy atom. The molecular weight excluding hydrogens is 366 g/mol. The van der Waals surface area contributed by atoms with Crippen LogP contribution < -0.4 is 15.4 Å². The minimum absolute atomic E-state index is 0.0665. The molecule has 0 aliphatic carbocycles. The number of unbranched alkanes of at least 4 members (excludes halogenated alkanes) is 5. The zero-order valence-corrected chi connectivity index (χ0v) is 18.0. The van der Waals surface area contributed by atoms with Crippen molar-refractivity contribution in [3.63, 3.8) is 0 Å². The number of hydrogen-bond donors (Lipinski definition) is 1. The Bertz CT molecular complexity index is 661. The maximum Gasteiger partial charge on any atom is 0.320 e. The molecule has 2 N–H and O–H groups in total. The summed E-state index contributed by atoms with van der Waals surface area (Å²) >= 11 is 0. The van der Waals surface area contributed by atoms with E-state index in [0.29, 0.717) is 31.2 Å². The van der Waals surface area contributed by atoms with Crippen LogP contribution in [0.2, 0.25) is 0 Å². The normalized spacial score (nSPS) is 17.0. The molecule has 7 heteroatoms. The second-order valence-corrected chi connectivity index (χ2v) is 8.29. The van der Waals surface area contributed by atoms with E-state index in [4.69, 9.17) is 10.5 Å². The summed E-state index contributed by atoms with van der Waals surface area (Å²) in [5, 5.41) is 0. The van der Waals surface area contributed by atoms with Crippen LogP contribution in [0.1, 0.15) is 76.7 Å². The Balaban J connectivity index is 1.40. The first-order valence-corrected chi connectivity index (χ1v) is 11.5. The number of anilines is 2. The van der Waals surface area contributed by atoms with Crippen LogP contribution in [0.3, 0.4) is 0 Å². The summed E-state index contributed by atoms with van der Waals surface area (Å²) in [6.07, 6.45) is 12.3. The Labute approximate surface area is 175 Å². The number of nitrogen functional groups attached to an aromatic ring is 1. The zero-order chi connectivity index (χ0) is 20.5. The Hall–Kier alpha value is -1.89. The summed E-state index contributed by atoms with van der Waals surface area (Å²) in [7, 11) is 0. The zero-order valence-electron chi connectivity index (χ0n) is 18.0. The number of nitrogens with two attached hydrogens (primary N) is 1. The van der Waals surface area contributed by atoms with Crippen LogP contribution in [0.5, 0.6) is 6.01 Å². The third kappa shape index (κ3) is 6.29. The predicted octanol–water partition coefficient (Wildman–Crippen LogP) is 3.56. The monoisotopic (exact) mass is 403 g/mol. The molecular formula is C22H37N5O2. The molecule has 1 aromatic rings. The molecule has 2 aliphatic heterocycles. The number of aromatic nitrogens is 2. The smallest absolute Gasteiger partial charge is 0.320 e. The van der Waals surface area contributed by atoms with Gasteiger partial charge < -0.3 is 15.4 Å². The van der Waals surface area contributed by atoms with E-state index >= 15 is 0 Å². The summed E-state index contributed by atoms with van der Waals surface area (Å²) in [5.74, 6) is 1.09. The number of hydrogen-bond acceptors (Lipinski definition) is 6. The lowest BCUT2D eigenvalue weighted by Crippen LogP contribution is -2.30. The molecule has 1 amide bonds. The highest BCUT2D eigenvalue weighted by Crippen LogP contribution is 2.32. The van der Waals surface area contributed by atoms with E-state index in [1.165, 1.54) is 58.2 Å². The standard InChI is InChI=1S/C22H37N5O2/c1-2-3-16-29-22-24-20(23)18-17-19(28)27(21(18)25-22)15-11-6-4-5-8-12-26-13-9-7-10-14-26/h2-17H2,1H3,(H2,23,24,25). The highest BCUT2D eigenvalue weighted by molar-refractivity contribution is 6.01. The van der Waals surface area contributed by atoms with Gasteiger partial charge in [-0.15, -0.1) is 0 Å². The molecule has 29 heavy (non-hydrogen) atoms. The number of nitrogens with zero attached hydrogens (tertiary/aromatic N) is 4. The highest BCUT2D eigenvalue weighted by Gasteiger charge is 2.31. The summed E-state index contributed by atoms with van der Waals surface area (Å²) < 4.78 is 5.61. The van der Waals surface area contributed by atoms with Crippen LogP contribution in [0.25, 0.3) is 0 Å². The van der Waals surface area contributed by atoms with E-state index in [9.17, 15) is 4.79 Å². The van der Waals surface area contributed by atoms with E-state index in [1.54, 1.807) is 4.90 Å². The quantitative estimate of drug-likeness (QED) is 0.537. The number of ether oxygens (including phenoxy) is 1. The third-order valence-corrected chi connectivity index (χ3v) is 5.92. The third-order valence-electron chi connectivity index (χ3n) is 5.92. The van der Waals surface area contributed by atoms with Gasteiger partial charge in [0, 0.05) is 12.1 Å². The van der Waals surface area contributed by atoms with Crippen molar-refractivity contribution in [3.05, 3.63) is 5.56 Å².